The van der Waals surface area contributed by atoms with Crippen molar-refractivity contribution < 1.29 is 4.42 Å². The van der Waals surface area contributed by atoms with Crippen LogP contribution in [0.25, 0.3) is 44.0 Å². The minimum atomic E-state index is 0.0348. The van der Waals surface area contributed by atoms with Crippen molar-refractivity contribution in [3.8, 4) is 11.3 Å². The Morgan fingerprint density at radius 2 is 1.57 bits per heavy atom. The van der Waals surface area contributed by atoms with Crippen LogP contribution in [-0.2, 0) is 5.21 Å². The fraction of sp³-hybridized carbons (Fsp3) is 0.192. The molecule has 0 aliphatic rings. The van der Waals surface area contributed by atoms with Crippen molar-refractivity contribution in [2.45, 2.75) is 26.0 Å². The van der Waals surface area contributed by atoms with Gasteiger partial charge in [-0.3, -0.25) is 4.98 Å². The number of pyridine rings is 1. The molecule has 0 unspecified atom stereocenters. The zero-order valence-corrected chi connectivity index (χ0v) is 18.3. The highest BCUT2D eigenvalue weighted by atomic mass is 16.3. The average molecular weight is 389 g/mol. The predicted molar refractivity (Wildman–Crippen MR) is 133 cm³/mol. The minimum Gasteiger partial charge on any atom is -0.455 e. The molecule has 0 aliphatic heterocycles. The predicted octanol–water partition coefficient (Wildman–Crippen LogP) is 5.27. The molecule has 0 spiro atoms. The Kier molecular flexibility index (Phi) is 4.12. The van der Waals surface area contributed by atoms with Crippen LogP contribution in [0.15, 0.2) is 77.3 Å². The molecular formula is C26H25B2NO. The van der Waals surface area contributed by atoms with Gasteiger partial charge in [-0.1, -0.05) is 67.9 Å². The lowest BCUT2D eigenvalue weighted by atomic mass is 9.41. The Balaban J connectivity index is 1.66. The summed E-state index contributed by atoms with van der Waals surface area (Å²) >= 11 is 0. The molecule has 0 saturated heterocycles. The quantitative estimate of drug-likeness (QED) is 0.385. The van der Waals surface area contributed by atoms with E-state index in [9.17, 15) is 0 Å². The van der Waals surface area contributed by atoms with Crippen molar-refractivity contribution in [1.29, 1.82) is 0 Å². The summed E-state index contributed by atoms with van der Waals surface area (Å²) in [7, 11) is 4.61. The van der Waals surface area contributed by atoms with Gasteiger partial charge in [-0.05, 0) is 41.1 Å². The molecule has 0 saturated carbocycles. The van der Waals surface area contributed by atoms with Crippen LogP contribution >= 0.6 is 0 Å². The SMILES string of the molecule is BC(B)(c1ccnc(-c2ccc3c(c2)oc2c4ccccc4ccc32)c1)C(C)(C)C. The molecule has 4 heteroatoms. The van der Waals surface area contributed by atoms with E-state index in [1.807, 2.05) is 6.20 Å². The number of hydrogen-bond donors (Lipinski definition) is 0. The summed E-state index contributed by atoms with van der Waals surface area (Å²) in [5.74, 6) is 0. The van der Waals surface area contributed by atoms with E-state index in [4.69, 9.17) is 4.42 Å². The lowest BCUT2D eigenvalue weighted by molar-refractivity contribution is 0.358. The first-order valence-electron chi connectivity index (χ1n) is 10.6. The van der Waals surface area contributed by atoms with Gasteiger partial charge in [-0.2, -0.15) is 0 Å². The number of fused-ring (bicyclic) bond motifs is 5. The van der Waals surface area contributed by atoms with E-state index in [0.717, 1.165) is 38.6 Å². The third-order valence-electron chi connectivity index (χ3n) is 7.02. The van der Waals surface area contributed by atoms with Gasteiger partial charge in [0.1, 0.15) is 26.9 Å². The van der Waals surface area contributed by atoms with Crippen molar-refractivity contribution in [2.24, 2.45) is 5.41 Å². The Morgan fingerprint density at radius 3 is 2.37 bits per heavy atom. The maximum Gasteiger partial charge on any atom is 0.143 e. The van der Waals surface area contributed by atoms with Crippen molar-refractivity contribution in [3.05, 3.63) is 78.5 Å². The molecule has 0 atom stereocenters. The minimum absolute atomic E-state index is 0.0348. The van der Waals surface area contributed by atoms with Crippen LogP contribution in [0.5, 0.6) is 0 Å². The van der Waals surface area contributed by atoms with Crippen LogP contribution in [-0.4, -0.2) is 20.7 Å². The van der Waals surface area contributed by atoms with Crippen LogP contribution in [0.3, 0.4) is 0 Å². The van der Waals surface area contributed by atoms with Crippen molar-refractivity contribution in [3.63, 3.8) is 0 Å². The molecule has 0 aliphatic carbocycles. The van der Waals surface area contributed by atoms with Gasteiger partial charge in [0.25, 0.3) is 0 Å². The first-order chi connectivity index (χ1) is 14.3. The number of aromatic nitrogens is 1. The molecule has 30 heavy (non-hydrogen) atoms. The van der Waals surface area contributed by atoms with Gasteiger partial charge in [-0.25, -0.2) is 0 Å². The van der Waals surface area contributed by atoms with Crippen molar-refractivity contribution in [2.75, 3.05) is 0 Å². The maximum atomic E-state index is 6.35. The summed E-state index contributed by atoms with van der Waals surface area (Å²) in [6.45, 7) is 6.87. The maximum absolute atomic E-state index is 6.35. The number of nitrogens with zero attached hydrogens (tertiary/aromatic N) is 1. The average Bonchev–Trinajstić information content (AvgIpc) is 3.11. The zero-order valence-electron chi connectivity index (χ0n) is 18.3. The summed E-state index contributed by atoms with van der Waals surface area (Å²) < 4.78 is 6.35. The third kappa shape index (κ3) is 2.86. The van der Waals surface area contributed by atoms with Gasteiger partial charge in [0.05, 0.1) is 5.69 Å². The summed E-state index contributed by atoms with van der Waals surface area (Å²) in [6.07, 6.45) is 1.93. The van der Waals surface area contributed by atoms with Gasteiger partial charge in [0.15, 0.2) is 0 Å². The molecule has 2 heterocycles. The highest BCUT2D eigenvalue weighted by Crippen LogP contribution is 2.38. The summed E-state index contributed by atoms with van der Waals surface area (Å²) in [5.41, 5.74) is 5.37. The van der Waals surface area contributed by atoms with Gasteiger partial charge in [0.2, 0.25) is 0 Å². The van der Waals surface area contributed by atoms with E-state index in [-0.39, 0.29) is 10.6 Å². The Hall–Kier alpha value is -3.00. The molecule has 0 N–H and O–H groups in total. The van der Waals surface area contributed by atoms with Crippen molar-refractivity contribution in [1.82, 2.24) is 4.98 Å². The molecular weight excluding hydrogens is 364 g/mol. The lowest BCUT2D eigenvalue weighted by Crippen LogP contribution is -2.41. The van der Waals surface area contributed by atoms with Crippen LogP contribution in [0.4, 0.5) is 0 Å². The second kappa shape index (κ2) is 6.50. The van der Waals surface area contributed by atoms with E-state index in [2.05, 4.69) is 108 Å². The van der Waals surface area contributed by atoms with Gasteiger partial charge < -0.3 is 4.42 Å². The van der Waals surface area contributed by atoms with Gasteiger partial charge in [-0.15, -0.1) is 0 Å². The molecule has 0 fully saturated rings. The monoisotopic (exact) mass is 389 g/mol. The van der Waals surface area contributed by atoms with Gasteiger partial charge in [0, 0.05) is 27.9 Å². The molecule has 0 radical (unpaired) electrons. The molecule has 2 aromatic heterocycles. The number of benzene rings is 3. The fourth-order valence-corrected chi connectivity index (χ4v) is 4.07. The molecule has 0 amide bonds. The van der Waals surface area contributed by atoms with Crippen LogP contribution in [0.2, 0.25) is 0 Å². The van der Waals surface area contributed by atoms with E-state index >= 15 is 0 Å². The molecule has 5 aromatic rings. The van der Waals surface area contributed by atoms with E-state index in [0.29, 0.717) is 0 Å². The highest BCUT2D eigenvalue weighted by molar-refractivity contribution is 6.40. The topological polar surface area (TPSA) is 26.0 Å². The van der Waals surface area contributed by atoms with E-state index in [1.165, 1.54) is 10.9 Å². The Labute approximate surface area is 179 Å². The fourth-order valence-electron chi connectivity index (χ4n) is 4.07. The standard InChI is InChI=1S/C26H25B2NO/c1-25(2,3)26(27,28)18-12-13-29-22(15-18)17-9-10-20-21-11-8-16-6-4-5-7-19(16)24(21)30-23(20)14-17/h4-15H,27-28H2,1-3H3. The summed E-state index contributed by atoms with van der Waals surface area (Å²) in [5, 5.41) is 4.69. The Morgan fingerprint density at radius 1 is 0.800 bits per heavy atom. The summed E-state index contributed by atoms with van der Waals surface area (Å²) in [4.78, 5) is 4.67. The smallest absolute Gasteiger partial charge is 0.143 e. The zero-order chi connectivity index (χ0) is 21.1. The lowest BCUT2D eigenvalue weighted by Gasteiger charge is -2.40. The normalized spacial score (nSPS) is 12.8. The first-order valence-corrected chi connectivity index (χ1v) is 10.6. The second-order valence-electron chi connectivity index (χ2n) is 9.78. The third-order valence-corrected chi connectivity index (χ3v) is 7.02. The van der Waals surface area contributed by atoms with Gasteiger partial charge >= 0.3 is 0 Å². The van der Waals surface area contributed by atoms with E-state index in [1.54, 1.807) is 0 Å². The largest absolute Gasteiger partial charge is 0.455 e. The van der Waals surface area contributed by atoms with E-state index < -0.39 is 0 Å². The van der Waals surface area contributed by atoms with Crippen molar-refractivity contribution >= 4 is 48.4 Å². The molecule has 0 bridgehead atoms. The Bertz CT molecular complexity index is 1410. The summed E-state index contributed by atoms with van der Waals surface area (Å²) in [6, 6.07) is 23.5. The van der Waals surface area contributed by atoms with Crippen LogP contribution in [0, 0.1) is 5.41 Å². The molecule has 2 nitrogen and oxygen atoms in total. The highest BCUT2D eigenvalue weighted by Gasteiger charge is 2.34. The number of rotatable bonds is 2. The number of hydrogen-bond acceptors (Lipinski definition) is 2. The van der Waals surface area contributed by atoms with Crippen LogP contribution in [0.1, 0.15) is 26.3 Å². The van der Waals surface area contributed by atoms with Crippen LogP contribution < -0.4 is 0 Å². The molecule has 5 rings (SSSR count). The second-order valence-corrected chi connectivity index (χ2v) is 9.78. The molecule has 146 valence electrons. The molecule has 3 aromatic carbocycles. The number of furan rings is 1. The first kappa shape index (κ1) is 19.0.